The molecule has 0 bridgehead atoms. The minimum atomic E-state index is -0.387. The first-order valence-corrected chi connectivity index (χ1v) is 9.18. The fourth-order valence-electron chi connectivity index (χ4n) is 3.65. The van der Waals surface area contributed by atoms with E-state index in [9.17, 15) is 14.0 Å². The maximum absolute atomic E-state index is 13.3. The topological polar surface area (TPSA) is 52.7 Å². The van der Waals surface area contributed by atoms with Gasteiger partial charge in [-0.15, -0.1) is 0 Å². The lowest BCUT2D eigenvalue weighted by Gasteiger charge is -2.34. The van der Waals surface area contributed by atoms with E-state index >= 15 is 0 Å². The summed E-state index contributed by atoms with van der Waals surface area (Å²) in [6.07, 6.45) is 4.37. The summed E-state index contributed by atoms with van der Waals surface area (Å²) in [6, 6.07) is 5.84. The normalized spacial score (nSPS) is 19.2. The van der Waals surface area contributed by atoms with Crippen molar-refractivity contribution in [2.75, 3.05) is 39.3 Å². The molecule has 2 fully saturated rings. The number of nitrogens with one attached hydrogen (secondary N) is 1. The number of carbonyl (C=O) groups excluding carboxylic acids is 2. The predicted molar refractivity (Wildman–Crippen MR) is 93.7 cm³/mol. The monoisotopic (exact) mass is 347 g/mol. The van der Waals surface area contributed by atoms with Gasteiger partial charge < -0.3 is 10.2 Å². The first-order chi connectivity index (χ1) is 12.1. The highest BCUT2D eigenvalue weighted by molar-refractivity contribution is 5.94. The van der Waals surface area contributed by atoms with Gasteiger partial charge in [0.05, 0.1) is 0 Å². The summed E-state index contributed by atoms with van der Waals surface area (Å²) in [4.78, 5) is 28.4. The summed E-state index contributed by atoms with van der Waals surface area (Å²) in [6.45, 7) is 4.28. The summed E-state index contributed by atoms with van der Waals surface area (Å²) >= 11 is 0. The lowest BCUT2D eigenvalue weighted by Crippen LogP contribution is -2.50. The van der Waals surface area contributed by atoms with Gasteiger partial charge in [0, 0.05) is 50.7 Å². The molecule has 136 valence electrons. The molecule has 0 spiro atoms. The van der Waals surface area contributed by atoms with E-state index in [0.29, 0.717) is 25.2 Å². The maximum atomic E-state index is 13.3. The van der Waals surface area contributed by atoms with Crippen LogP contribution in [-0.4, -0.2) is 60.9 Å². The van der Waals surface area contributed by atoms with Gasteiger partial charge in [0.2, 0.25) is 5.91 Å². The lowest BCUT2D eigenvalue weighted by atomic mass is 10.1. The minimum absolute atomic E-state index is 0.117. The Balaban J connectivity index is 1.38. The summed E-state index contributed by atoms with van der Waals surface area (Å²) in [5, 5.41) is 3.04. The molecule has 3 rings (SSSR count). The van der Waals surface area contributed by atoms with Crippen LogP contribution in [0, 0.1) is 11.7 Å². The van der Waals surface area contributed by atoms with Crippen LogP contribution in [0.3, 0.4) is 0 Å². The molecule has 1 aliphatic heterocycles. The Morgan fingerprint density at radius 1 is 1.12 bits per heavy atom. The van der Waals surface area contributed by atoms with Crippen molar-refractivity contribution >= 4 is 11.8 Å². The van der Waals surface area contributed by atoms with Crippen molar-refractivity contribution < 1.29 is 14.0 Å². The van der Waals surface area contributed by atoms with Crippen LogP contribution >= 0.6 is 0 Å². The number of nitrogens with zero attached hydrogens (tertiary/aromatic N) is 2. The van der Waals surface area contributed by atoms with Crippen LogP contribution in [0.25, 0.3) is 0 Å². The molecule has 1 aromatic rings. The second-order valence-electron chi connectivity index (χ2n) is 6.92. The molecule has 1 N–H and O–H groups in total. The Bertz CT molecular complexity index is 608. The summed E-state index contributed by atoms with van der Waals surface area (Å²) in [7, 11) is 0. The van der Waals surface area contributed by atoms with Crippen LogP contribution < -0.4 is 5.32 Å². The first-order valence-electron chi connectivity index (χ1n) is 9.18. The SMILES string of the molecule is O=C(NCCN1CCN(C(=O)c2cccc(F)c2)CC1)C1CCCC1. The van der Waals surface area contributed by atoms with Crippen LogP contribution in [0.5, 0.6) is 0 Å². The zero-order chi connectivity index (χ0) is 17.6. The highest BCUT2D eigenvalue weighted by Crippen LogP contribution is 2.24. The third-order valence-electron chi connectivity index (χ3n) is 5.18. The van der Waals surface area contributed by atoms with Crippen molar-refractivity contribution in [1.82, 2.24) is 15.1 Å². The van der Waals surface area contributed by atoms with E-state index in [1.807, 2.05) is 0 Å². The van der Waals surface area contributed by atoms with Crippen molar-refractivity contribution in [3.8, 4) is 0 Å². The highest BCUT2D eigenvalue weighted by Gasteiger charge is 2.24. The largest absolute Gasteiger partial charge is 0.355 e. The standard InChI is InChI=1S/C19H26FN3O2/c20-17-7-3-6-16(14-17)19(25)23-12-10-22(11-13-23)9-8-21-18(24)15-4-1-2-5-15/h3,6-7,14-15H,1-2,4-5,8-13H2,(H,21,24). The maximum Gasteiger partial charge on any atom is 0.254 e. The van der Waals surface area contributed by atoms with Crippen LogP contribution in [0.2, 0.25) is 0 Å². The second-order valence-corrected chi connectivity index (χ2v) is 6.92. The Hall–Kier alpha value is -1.95. The van der Waals surface area contributed by atoms with Crippen LogP contribution in [0.1, 0.15) is 36.0 Å². The number of rotatable bonds is 5. The average Bonchev–Trinajstić information content (AvgIpc) is 3.16. The van der Waals surface area contributed by atoms with Gasteiger partial charge in [-0.2, -0.15) is 0 Å². The number of carbonyl (C=O) groups is 2. The summed E-state index contributed by atoms with van der Waals surface area (Å²) < 4.78 is 13.3. The zero-order valence-corrected chi connectivity index (χ0v) is 14.5. The fraction of sp³-hybridized carbons (Fsp3) is 0.579. The number of piperazine rings is 1. The molecule has 1 aliphatic carbocycles. The average molecular weight is 347 g/mol. The Labute approximate surface area is 148 Å². The van der Waals surface area contributed by atoms with E-state index in [2.05, 4.69) is 10.2 Å². The fourth-order valence-corrected chi connectivity index (χ4v) is 3.65. The van der Waals surface area contributed by atoms with Crippen LogP contribution in [-0.2, 0) is 4.79 Å². The van der Waals surface area contributed by atoms with Gasteiger partial charge in [-0.1, -0.05) is 18.9 Å². The van der Waals surface area contributed by atoms with E-state index in [1.165, 1.54) is 25.0 Å². The molecular weight excluding hydrogens is 321 g/mol. The molecule has 1 heterocycles. The van der Waals surface area contributed by atoms with Gasteiger partial charge in [0.15, 0.2) is 0 Å². The smallest absolute Gasteiger partial charge is 0.254 e. The molecule has 5 nitrogen and oxygen atoms in total. The molecule has 6 heteroatoms. The van der Waals surface area contributed by atoms with Crippen molar-refractivity contribution in [2.45, 2.75) is 25.7 Å². The van der Waals surface area contributed by atoms with Crippen LogP contribution in [0.4, 0.5) is 4.39 Å². The first kappa shape index (κ1) is 17.9. The van der Waals surface area contributed by atoms with Gasteiger partial charge in [0.1, 0.15) is 5.82 Å². The molecule has 1 saturated heterocycles. The molecule has 0 atom stereocenters. The van der Waals surface area contributed by atoms with Gasteiger partial charge in [-0.25, -0.2) is 4.39 Å². The number of benzene rings is 1. The predicted octanol–water partition coefficient (Wildman–Crippen LogP) is 1.89. The van der Waals surface area contributed by atoms with Gasteiger partial charge in [0.25, 0.3) is 5.91 Å². The van der Waals surface area contributed by atoms with Gasteiger partial charge >= 0.3 is 0 Å². The molecule has 2 amide bonds. The van der Waals surface area contributed by atoms with E-state index in [-0.39, 0.29) is 23.5 Å². The second kappa shape index (κ2) is 8.43. The Morgan fingerprint density at radius 2 is 1.84 bits per heavy atom. The number of halogens is 1. The zero-order valence-electron chi connectivity index (χ0n) is 14.5. The third-order valence-corrected chi connectivity index (χ3v) is 5.18. The molecule has 0 radical (unpaired) electrons. The van der Waals surface area contributed by atoms with Gasteiger partial charge in [-0.3, -0.25) is 14.5 Å². The van der Waals surface area contributed by atoms with E-state index < -0.39 is 0 Å². The van der Waals surface area contributed by atoms with E-state index in [0.717, 1.165) is 32.5 Å². The van der Waals surface area contributed by atoms with E-state index in [4.69, 9.17) is 0 Å². The number of hydrogen-bond donors (Lipinski definition) is 1. The van der Waals surface area contributed by atoms with E-state index in [1.54, 1.807) is 17.0 Å². The molecule has 2 aliphatic rings. The van der Waals surface area contributed by atoms with Crippen molar-refractivity contribution in [2.24, 2.45) is 5.92 Å². The molecule has 0 aromatic heterocycles. The quantitative estimate of drug-likeness (QED) is 0.885. The summed E-state index contributed by atoms with van der Waals surface area (Å²) in [5.74, 6) is -0.102. The van der Waals surface area contributed by atoms with Crippen LogP contribution in [0.15, 0.2) is 24.3 Å². The summed E-state index contributed by atoms with van der Waals surface area (Å²) in [5.41, 5.74) is 0.400. The molecule has 25 heavy (non-hydrogen) atoms. The molecule has 1 aromatic carbocycles. The minimum Gasteiger partial charge on any atom is -0.355 e. The van der Waals surface area contributed by atoms with Gasteiger partial charge in [-0.05, 0) is 31.0 Å². The number of hydrogen-bond acceptors (Lipinski definition) is 3. The molecule has 1 saturated carbocycles. The Morgan fingerprint density at radius 3 is 2.52 bits per heavy atom. The highest BCUT2D eigenvalue weighted by atomic mass is 19.1. The van der Waals surface area contributed by atoms with Crippen molar-refractivity contribution in [3.63, 3.8) is 0 Å². The van der Waals surface area contributed by atoms with Crippen molar-refractivity contribution in [1.29, 1.82) is 0 Å². The molecular formula is C19H26FN3O2. The molecule has 0 unspecified atom stereocenters. The number of amides is 2. The Kier molecular flexibility index (Phi) is 6.02. The lowest BCUT2D eigenvalue weighted by molar-refractivity contribution is -0.124. The van der Waals surface area contributed by atoms with Crippen molar-refractivity contribution in [3.05, 3.63) is 35.6 Å². The third kappa shape index (κ3) is 4.78.